The van der Waals surface area contributed by atoms with Crippen molar-refractivity contribution in [1.29, 1.82) is 0 Å². The molecule has 0 fully saturated rings. The third kappa shape index (κ3) is 10.2. The highest BCUT2D eigenvalue weighted by Gasteiger charge is 2.06. The Hall–Kier alpha value is -2.66. The predicted molar refractivity (Wildman–Crippen MR) is 114 cm³/mol. The summed E-state index contributed by atoms with van der Waals surface area (Å²) in [5.41, 5.74) is 3.77. The summed E-state index contributed by atoms with van der Waals surface area (Å²) < 4.78 is 0. The molecule has 0 heterocycles. The van der Waals surface area contributed by atoms with E-state index in [1.807, 2.05) is 32.0 Å². The van der Waals surface area contributed by atoms with E-state index in [1.165, 1.54) is 16.7 Å². The van der Waals surface area contributed by atoms with E-state index in [1.54, 1.807) is 0 Å². The van der Waals surface area contributed by atoms with E-state index in [4.69, 9.17) is 6.42 Å². The van der Waals surface area contributed by atoms with Crippen LogP contribution in [0.1, 0.15) is 51.2 Å². The Morgan fingerprint density at radius 3 is 2.07 bits per heavy atom. The van der Waals surface area contributed by atoms with Crippen LogP contribution in [0.15, 0.2) is 54.6 Å². The number of Topliss-reactive ketones (excluding diaryl/α,β-unsaturated/α-hetero) is 2. The summed E-state index contributed by atoms with van der Waals surface area (Å²) in [5, 5.41) is 0. The molecule has 2 rings (SSSR count). The van der Waals surface area contributed by atoms with Crippen LogP contribution in [-0.4, -0.2) is 11.6 Å². The van der Waals surface area contributed by atoms with Crippen molar-refractivity contribution in [2.45, 2.75) is 52.9 Å². The molecule has 27 heavy (non-hydrogen) atoms. The lowest BCUT2D eigenvalue weighted by atomic mass is 10.0. The first-order valence-corrected chi connectivity index (χ1v) is 9.54. The second kappa shape index (κ2) is 12.7. The molecule has 0 aliphatic carbocycles. The summed E-state index contributed by atoms with van der Waals surface area (Å²) in [4.78, 5) is 22.1. The van der Waals surface area contributed by atoms with Gasteiger partial charge >= 0.3 is 0 Å². The van der Waals surface area contributed by atoms with Gasteiger partial charge in [0.2, 0.25) is 5.78 Å². The van der Waals surface area contributed by atoms with E-state index < -0.39 is 0 Å². The lowest BCUT2D eigenvalue weighted by Crippen LogP contribution is -2.07. The van der Waals surface area contributed by atoms with Crippen molar-refractivity contribution in [3.05, 3.63) is 71.3 Å². The normalized spacial score (nSPS) is 9.89. The fourth-order valence-corrected chi connectivity index (χ4v) is 2.48. The molecule has 2 nitrogen and oxygen atoms in total. The molecule has 0 atom stereocenters. The first kappa shape index (κ1) is 22.4. The Kier molecular flexibility index (Phi) is 10.5. The van der Waals surface area contributed by atoms with Gasteiger partial charge in [-0.25, -0.2) is 0 Å². The first-order chi connectivity index (χ1) is 12.9. The quantitative estimate of drug-likeness (QED) is 0.460. The zero-order valence-electron chi connectivity index (χ0n) is 17.7. The van der Waals surface area contributed by atoms with E-state index in [2.05, 4.69) is 49.2 Å². The SMILES string of the molecule is C#CC(=O)CCCc1ccc(C)cc1.CC(C)C(=O)CCc1ccccc1.[H]. The zero-order chi connectivity index (χ0) is 20.1. The van der Waals surface area contributed by atoms with Crippen LogP contribution in [-0.2, 0) is 22.4 Å². The van der Waals surface area contributed by atoms with Gasteiger partial charge in [0.05, 0.1) is 0 Å². The summed E-state index contributed by atoms with van der Waals surface area (Å²) in [7, 11) is 0. The third-order valence-electron chi connectivity index (χ3n) is 4.30. The van der Waals surface area contributed by atoms with Crippen LogP contribution < -0.4 is 0 Å². The second-order valence-electron chi connectivity index (χ2n) is 7.01. The Balaban J connectivity index is 0.000000504. The fourth-order valence-electron chi connectivity index (χ4n) is 2.48. The van der Waals surface area contributed by atoms with Gasteiger partial charge in [0.25, 0.3) is 0 Å². The molecule has 143 valence electrons. The highest BCUT2D eigenvalue weighted by molar-refractivity contribution is 5.94. The molecular weight excluding hydrogens is 332 g/mol. The minimum absolute atomic E-state index is 0. The van der Waals surface area contributed by atoms with Crippen molar-refractivity contribution in [2.24, 2.45) is 5.92 Å². The van der Waals surface area contributed by atoms with E-state index in [0.29, 0.717) is 18.6 Å². The van der Waals surface area contributed by atoms with Crippen LogP contribution in [0.2, 0.25) is 0 Å². The summed E-state index contributed by atoms with van der Waals surface area (Å²) in [6.45, 7) is 5.96. The summed E-state index contributed by atoms with van der Waals surface area (Å²) in [5.74, 6) is 2.54. The van der Waals surface area contributed by atoms with Gasteiger partial charge in [0.15, 0.2) is 0 Å². The lowest BCUT2D eigenvalue weighted by molar-refractivity contribution is -0.121. The average Bonchev–Trinajstić information content (AvgIpc) is 2.68. The molecule has 0 aliphatic heterocycles. The van der Waals surface area contributed by atoms with Crippen molar-refractivity contribution in [2.75, 3.05) is 0 Å². The number of terminal acetylenes is 1. The molecule has 0 saturated carbocycles. The smallest absolute Gasteiger partial charge is 0.205 e. The van der Waals surface area contributed by atoms with Gasteiger partial charge in [-0.1, -0.05) is 74.0 Å². The number of aryl methyl sites for hydroxylation is 3. The number of hydrogen-bond donors (Lipinski definition) is 0. The minimum Gasteiger partial charge on any atom is -0.299 e. The van der Waals surface area contributed by atoms with Crippen molar-refractivity contribution in [3.63, 3.8) is 0 Å². The lowest BCUT2D eigenvalue weighted by Gasteiger charge is -2.03. The van der Waals surface area contributed by atoms with Crippen molar-refractivity contribution in [3.8, 4) is 12.3 Å². The van der Waals surface area contributed by atoms with Gasteiger partial charge in [-0.3, -0.25) is 9.59 Å². The highest BCUT2D eigenvalue weighted by atomic mass is 16.1. The maximum atomic E-state index is 11.3. The van der Waals surface area contributed by atoms with Gasteiger partial charge in [-0.2, -0.15) is 0 Å². The van der Waals surface area contributed by atoms with Gasteiger partial charge in [0.1, 0.15) is 5.78 Å². The predicted octanol–water partition coefficient (Wildman–Crippen LogP) is 5.48. The molecule has 0 amide bonds. The van der Waals surface area contributed by atoms with E-state index in [-0.39, 0.29) is 13.1 Å². The van der Waals surface area contributed by atoms with Gasteiger partial charge in [-0.15, -0.1) is 6.42 Å². The molecule has 2 aromatic carbocycles. The molecule has 2 heteroatoms. The van der Waals surface area contributed by atoms with Gasteiger partial charge in [-0.05, 0) is 43.2 Å². The summed E-state index contributed by atoms with van der Waals surface area (Å²) >= 11 is 0. The number of carbonyl (C=O) groups is 2. The molecule has 1 radical (unpaired) electrons. The van der Waals surface area contributed by atoms with Crippen LogP contribution in [0.5, 0.6) is 0 Å². The Labute approximate surface area is 165 Å². The largest absolute Gasteiger partial charge is 0.299 e. The van der Waals surface area contributed by atoms with Crippen LogP contribution >= 0.6 is 0 Å². The Morgan fingerprint density at radius 2 is 1.52 bits per heavy atom. The maximum Gasteiger partial charge on any atom is 0.205 e. The Bertz CT molecular complexity index is 740. The number of benzene rings is 2. The van der Waals surface area contributed by atoms with Crippen molar-refractivity contribution in [1.82, 2.24) is 0 Å². The van der Waals surface area contributed by atoms with Crippen molar-refractivity contribution < 1.29 is 11.0 Å². The van der Waals surface area contributed by atoms with Crippen LogP contribution in [0.3, 0.4) is 0 Å². The molecular formula is C25H31O2. The monoisotopic (exact) mass is 363 g/mol. The second-order valence-corrected chi connectivity index (χ2v) is 7.01. The summed E-state index contributed by atoms with van der Waals surface area (Å²) in [6, 6.07) is 18.5. The highest BCUT2D eigenvalue weighted by Crippen LogP contribution is 2.07. The molecule has 0 bridgehead atoms. The van der Waals surface area contributed by atoms with E-state index in [9.17, 15) is 9.59 Å². The summed E-state index contributed by atoms with van der Waals surface area (Å²) in [6.07, 6.45) is 8.77. The van der Waals surface area contributed by atoms with Crippen LogP contribution in [0.4, 0.5) is 0 Å². The van der Waals surface area contributed by atoms with E-state index in [0.717, 1.165) is 19.3 Å². The maximum absolute atomic E-state index is 11.3. The number of ketones is 2. The van der Waals surface area contributed by atoms with E-state index >= 15 is 0 Å². The zero-order valence-corrected chi connectivity index (χ0v) is 16.7. The van der Waals surface area contributed by atoms with Gasteiger partial charge in [0, 0.05) is 20.2 Å². The fraction of sp³-hybridized carbons (Fsp3) is 0.360. The number of rotatable bonds is 8. The van der Waals surface area contributed by atoms with Crippen molar-refractivity contribution >= 4 is 11.6 Å². The Morgan fingerprint density at radius 1 is 0.926 bits per heavy atom. The molecule has 0 spiro atoms. The molecule has 0 N–H and O–H groups in total. The third-order valence-corrected chi connectivity index (χ3v) is 4.30. The average molecular weight is 364 g/mol. The molecule has 0 unspecified atom stereocenters. The number of carbonyl (C=O) groups excluding carboxylic acids is 2. The molecule has 0 aromatic heterocycles. The van der Waals surface area contributed by atoms with Gasteiger partial charge < -0.3 is 0 Å². The van der Waals surface area contributed by atoms with Crippen LogP contribution in [0, 0.1) is 25.2 Å². The minimum atomic E-state index is -0.0999. The molecule has 0 saturated heterocycles. The standard InChI is InChI=1S/C13H14O.C12H16O.H/c1-3-13(14)6-4-5-12-9-7-11(2)8-10-12;1-10(2)12(13)9-8-11-6-4-3-5-7-11;/h1,7-10H,4-6H2,2H3;3-7,10H,8-9H2,1-2H3;. The molecule has 0 aliphatic rings. The number of hydrogen-bond acceptors (Lipinski definition) is 2. The van der Waals surface area contributed by atoms with Crippen LogP contribution in [0.25, 0.3) is 0 Å². The molecule has 2 aromatic rings. The first-order valence-electron chi connectivity index (χ1n) is 9.54. The topological polar surface area (TPSA) is 34.1 Å².